The minimum atomic E-state index is -2.84. The van der Waals surface area contributed by atoms with Crippen molar-refractivity contribution in [2.24, 2.45) is 0 Å². The largest absolute Gasteiger partial charge is 0.480 e. The first kappa shape index (κ1) is 21.8. The summed E-state index contributed by atoms with van der Waals surface area (Å²) in [6, 6.07) is 4.94. The maximum absolute atomic E-state index is 13.4. The van der Waals surface area contributed by atoms with E-state index in [1.165, 1.54) is 6.20 Å². The quantitative estimate of drug-likeness (QED) is 0.684. The van der Waals surface area contributed by atoms with Crippen molar-refractivity contribution >= 4 is 23.4 Å². The average molecular weight is 493 g/mol. The van der Waals surface area contributed by atoms with Crippen molar-refractivity contribution < 1.29 is 28.2 Å². The van der Waals surface area contributed by atoms with Gasteiger partial charge < -0.3 is 20.1 Å². The Balaban J connectivity index is 1.07. The van der Waals surface area contributed by atoms with Crippen LogP contribution in [0.5, 0.6) is 5.75 Å². The molecule has 4 fully saturated rings. The molecule has 8 nitrogen and oxygen atoms in total. The summed E-state index contributed by atoms with van der Waals surface area (Å²) in [6.07, 6.45) is 3.19. The van der Waals surface area contributed by atoms with E-state index in [1.54, 1.807) is 29.1 Å². The Hall–Kier alpha value is -2.72. The van der Waals surface area contributed by atoms with Gasteiger partial charge in [-0.25, -0.2) is 8.78 Å². The molecule has 1 aromatic carbocycles. The molecule has 3 saturated carbocycles. The fourth-order valence-electron chi connectivity index (χ4n) is 5.81. The Morgan fingerprint density at radius 1 is 1.26 bits per heavy atom. The first-order chi connectivity index (χ1) is 16.1. The lowest BCUT2D eigenvalue weighted by Crippen LogP contribution is -2.79. The predicted molar refractivity (Wildman–Crippen MR) is 116 cm³/mol. The first-order valence-electron chi connectivity index (χ1n) is 11.3. The van der Waals surface area contributed by atoms with Gasteiger partial charge in [0.05, 0.1) is 29.9 Å². The minimum absolute atomic E-state index is 0.0345. The van der Waals surface area contributed by atoms with Gasteiger partial charge in [-0.2, -0.15) is 5.10 Å². The summed E-state index contributed by atoms with van der Waals surface area (Å²) >= 11 is 5.98. The van der Waals surface area contributed by atoms with Crippen LogP contribution in [0.25, 0.3) is 0 Å². The molecule has 1 saturated heterocycles. The Morgan fingerprint density at radius 2 is 2.03 bits per heavy atom. The molecular weight excluding hydrogens is 470 g/mol. The van der Waals surface area contributed by atoms with E-state index in [1.807, 2.05) is 0 Å². The van der Waals surface area contributed by atoms with Crippen molar-refractivity contribution in [3.05, 3.63) is 46.7 Å². The van der Waals surface area contributed by atoms with Gasteiger partial charge in [-0.3, -0.25) is 14.3 Å². The van der Waals surface area contributed by atoms with Gasteiger partial charge in [0, 0.05) is 41.7 Å². The maximum Gasteiger partial charge on any atom is 0.267 e. The highest BCUT2D eigenvalue weighted by atomic mass is 35.5. The molecule has 5 aliphatic rings. The van der Waals surface area contributed by atoms with E-state index in [9.17, 15) is 23.5 Å². The Morgan fingerprint density at radius 3 is 2.74 bits per heavy atom. The van der Waals surface area contributed by atoms with Crippen LogP contribution in [0.3, 0.4) is 0 Å². The van der Waals surface area contributed by atoms with E-state index in [0.717, 1.165) is 4.90 Å². The van der Waals surface area contributed by atoms with Crippen molar-refractivity contribution in [2.45, 2.75) is 61.3 Å². The minimum Gasteiger partial charge on any atom is -0.480 e. The van der Waals surface area contributed by atoms with Crippen LogP contribution in [0, 0.1) is 0 Å². The fourth-order valence-corrected chi connectivity index (χ4v) is 6.00. The van der Waals surface area contributed by atoms with E-state index in [0.29, 0.717) is 41.2 Å². The van der Waals surface area contributed by atoms with E-state index < -0.39 is 30.6 Å². The molecule has 2 atom stereocenters. The molecule has 34 heavy (non-hydrogen) atoms. The van der Waals surface area contributed by atoms with Crippen LogP contribution in [-0.2, 0) is 10.3 Å². The number of nitrogens with zero attached hydrogens (tertiary/aromatic N) is 3. The van der Waals surface area contributed by atoms with Gasteiger partial charge >= 0.3 is 0 Å². The van der Waals surface area contributed by atoms with Gasteiger partial charge in [0.2, 0.25) is 0 Å². The van der Waals surface area contributed by atoms with Crippen molar-refractivity contribution in [2.75, 3.05) is 13.1 Å². The normalized spacial score (nSPS) is 32.8. The third-order valence-corrected chi connectivity index (χ3v) is 7.73. The monoisotopic (exact) mass is 492 g/mol. The standard InChI is InChI=1S/C23H23ClF2N4O4/c24-14-1-2-17-15(5-14)16(31)6-18(34-17)19(32)28-21-9-22(10-21,11-21)30-8-13(7-27-30)20(33)29-4-3-23(25,26)12-29/h1-2,5,7-8,16,18,31H,3-4,6,9-12H2,(H,28,32)/t16-,18-,21?,22?/m1/s1. The van der Waals surface area contributed by atoms with Gasteiger partial charge in [-0.15, -0.1) is 0 Å². The number of alkyl halides is 2. The van der Waals surface area contributed by atoms with E-state index in [4.69, 9.17) is 16.3 Å². The number of hydrogen-bond acceptors (Lipinski definition) is 5. The summed E-state index contributed by atoms with van der Waals surface area (Å²) in [7, 11) is 0. The Kier molecular flexibility index (Phi) is 4.58. The number of benzene rings is 1. The molecule has 2 aliphatic heterocycles. The number of likely N-dealkylation sites (tertiary alicyclic amines) is 1. The highest BCUT2D eigenvalue weighted by Gasteiger charge is 2.70. The summed E-state index contributed by atoms with van der Waals surface area (Å²) < 4.78 is 34.4. The molecule has 7 rings (SSSR count). The number of halogens is 3. The van der Waals surface area contributed by atoms with E-state index in [2.05, 4.69) is 10.4 Å². The molecule has 3 aliphatic carbocycles. The number of rotatable bonds is 4. The second-order valence-electron chi connectivity index (χ2n) is 10.1. The van der Waals surface area contributed by atoms with Crippen molar-refractivity contribution in [1.82, 2.24) is 20.0 Å². The average Bonchev–Trinajstić information content (AvgIpc) is 3.36. The molecule has 3 heterocycles. The molecule has 1 aromatic heterocycles. The summed E-state index contributed by atoms with van der Waals surface area (Å²) in [6.45, 7) is -0.528. The molecule has 2 N–H and O–H groups in total. The highest BCUT2D eigenvalue weighted by Crippen LogP contribution is 2.65. The SMILES string of the molecule is O=C(NC12CC(n3cc(C(=O)N4CCC(F)(F)C4)cn3)(C1)C2)[C@H]1C[C@@H](O)c2cc(Cl)ccc2O1. The molecule has 2 amide bonds. The Labute approximate surface area is 198 Å². The molecule has 180 valence electrons. The van der Waals surface area contributed by atoms with Crippen molar-refractivity contribution in [1.29, 1.82) is 0 Å². The molecule has 11 heteroatoms. The first-order valence-corrected chi connectivity index (χ1v) is 11.6. The van der Waals surface area contributed by atoms with Crippen molar-refractivity contribution in [3.8, 4) is 5.75 Å². The Bertz CT molecular complexity index is 1180. The van der Waals surface area contributed by atoms with Gasteiger partial charge in [-0.05, 0) is 37.5 Å². The smallest absolute Gasteiger partial charge is 0.267 e. The van der Waals surface area contributed by atoms with Crippen LogP contribution in [0.4, 0.5) is 8.78 Å². The third-order valence-electron chi connectivity index (χ3n) is 7.49. The second-order valence-corrected chi connectivity index (χ2v) is 10.5. The van der Waals surface area contributed by atoms with Crippen LogP contribution in [-0.4, -0.2) is 62.3 Å². The van der Waals surface area contributed by atoms with Crippen LogP contribution < -0.4 is 10.1 Å². The lowest BCUT2D eigenvalue weighted by atomic mass is 9.44. The summed E-state index contributed by atoms with van der Waals surface area (Å²) in [5.41, 5.74) is 0.224. The topological polar surface area (TPSA) is 96.7 Å². The number of aliphatic hydroxyl groups is 1. The van der Waals surface area contributed by atoms with E-state index >= 15 is 0 Å². The van der Waals surface area contributed by atoms with Gasteiger partial charge in [-0.1, -0.05) is 11.6 Å². The van der Waals surface area contributed by atoms with Gasteiger partial charge in [0.25, 0.3) is 17.7 Å². The van der Waals surface area contributed by atoms with Crippen LogP contribution in [0.1, 0.15) is 54.1 Å². The molecular formula is C23H23ClF2N4O4. The molecule has 2 aromatic rings. The maximum atomic E-state index is 13.4. The molecule has 0 radical (unpaired) electrons. The fraction of sp³-hybridized carbons (Fsp3) is 0.522. The highest BCUT2D eigenvalue weighted by molar-refractivity contribution is 6.30. The number of carbonyl (C=O) groups excluding carboxylic acids is 2. The third kappa shape index (κ3) is 3.38. The number of amides is 2. The van der Waals surface area contributed by atoms with Crippen molar-refractivity contribution in [3.63, 3.8) is 0 Å². The zero-order valence-electron chi connectivity index (χ0n) is 18.1. The zero-order chi connectivity index (χ0) is 23.9. The van der Waals surface area contributed by atoms with Crippen LogP contribution in [0.2, 0.25) is 5.02 Å². The summed E-state index contributed by atoms with van der Waals surface area (Å²) in [4.78, 5) is 26.6. The van der Waals surface area contributed by atoms with Gasteiger partial charge in [0.1, 0.15) is 5.75 Å². The van der Waals surface area contributed by atoms with Gasteiger partial charge in [0.15, 0.2) is 6.10 Å². The number of aromatic nitrogens is 2. The van der Waals surface area contributed by atoms with Crippen LogP contribution in [0.15, 0.2) is 30.6 Å². The lowest BCUT2D eigenvalue weighted by Gasteiger charge is -2.70. The number of fused-ring (bicyclic) bond motifs is 1. The predicted octanol–water partition coefficient (Wildman–Crippen LogP) is 2.65. The number of ether oxygens (including phenoxy) is 1. The molecule has 0 spiro atoms. The number of nitrogens with one attached hydrogen (secondary N) is 1. The molecule has 2 bridgehead atoms. The zero-order valence-corrected chi connectivity index (χ0v) is 18.9. The number of aliphatic hydroxyl groups excluding tert-OH is 1. The number of carbonyl (C=O) groups is 2. The molecule has 0 unspecified atom stereocenters. The summed E-state index contributed by atoms with van der Waals surface area (Å²) in [5, 5.41) is 18.3. The number of hydrogen-bond donors (Lipinski definition) is 2. The van der Waals surface area contributed by atoms with E-state index in [-0.39, 0.29) is 36.4 Å². The van der Waals surface area contributed by atoms with Crippen LogP contribution >= 0.6 is 11.6 Å². The second kappa shape index (κ2) is 7.14. The lowest BCUT2D eigenvalue weighted by molar-refractivity contribution is -0.165. The summed E-state index contributed by atoms with van der Waals surface area (Å²) in [5.74, 6) is -3.11.